The quantitative estimate of drug-likeness (QED) is 0.819. The normalized spacial score (nSPS) is 12.6. The topological polar surface area (TPSA) is 59.3 Å². The zero-order valence-electron chi connectivity index (χ0n) is 12.2. The summed E-state index contributed by atoms with van der Waals surface area (Å²) >= 11 is 6.31. The lowest BCUT2D eigenvalue weighted by Gasteiger charge is -2.11. The van der Waals surface area contributed by atoms with Crippen molar-refractivity contribution in [3.63, 3.8) is 0 Å². The highest BCUT2D eigenvalue weighted by atomic mass is 35.5. The van der Waals surface area contributed by atoms with Gasteiger partial charge in [-0.15, -0.1) is 0 Å². The molecule has 0 aliphatic rings. The molecule has 21 heavy (non-hydrogen) atoms. The van der Waals surface area contributed by atoms with Crippen molar-refractivity contribution in [2.24, 2.45) is 7.05 Å². The summed E-state index contributed by atoms with van der Waals surface area (Å²) in [6.45, 7) is 1.28. The van der Waals surface area contributed by atoms with Gasteiger partial charge in [0.2, 0.25) is 0 Å². The van der Waals surface area contributed by atoms with E-state index in [0.717, 1.165) is 16.8 Å². The van der Waals surface area contributed by atoms with Crippen LogP contribution in [0.15, 0.2) is 30.3 Å². The number of hydrogen-bond donors (Lipinski definition) is 2. The highest BCUT2D eigenvalue weighted by Crippen LogP contribution is 2.27. The maximum Gasteiger partial charge on any atom is 0.131 e. The van der Waals surface area contributed by atoms with E-state index in [9.17, 15) is 5.11 Å². The van der Waals surface area contributed by atoms with E-state index < -0.39 is 6.10 Å². The molecule has 0 aliphatic heterocycles. The number of halogens is 1. The van der Waals surface area contributed by atoms with Gasteiger partial charge in [0.05, 0.1) is 18.4 Å². The van der Waals surface area contributed by atoms with Gasteiger partial charge in [-0.05, 0) is 0 Å². The van der Waals surface area contributed by atoms with Crippen LogP contribution in [-0.4, -0.2) is 41.3 Å². The molecule has 1 aromatic carbocycles. The Morgan fingerprint density at radius 2 is 2.10 bits per heavy atom. The lowest BCUT2D eigenvalue weighted by molar-refractivity contribution is 0.0644. The summed E-state index contributed by atoms with van der Waals surface area (Å²) in [4.78, 5) is 0. The number of rotatable bonds is 7. The predicted molar refractivity (Wildman–Crippen MR) is 83.2 cm³/mol. The van der Waals surface area contributed by atoms with Crippen LogP contribution >= 0.6 is 11.6 Å². The molecule has 2 N–H and O–H groups in total. The summed E-state index contributed by atoms with van der Waals surface area (Å²) in [6.07, 6.45) is -0.536. The summed E-state index contributed by atoms with van der Waals surface area (Å²) < 4.78 is 6.55. The van der Waals surface area contributed by atoms with Crippen molar-refractivity contribution in [2.75, 3.05) is 20.3 Å². The molecule has 0 bridgehead atoms. The fourth-order valence-electron chi connectivity index (χ4n) is 2.15. The molecule has 5 nitrogen and oxygen atoms in total. The van der Waals surface area contributed by atoms with Gasteiger partial charge >= 0.3 is 0 Å². The van der Waals surface area contributed by atoms with Crippen molar-refractivity contribution in [2.45, 2.75) is 12.6 Å². The van der Waals surface area contributed by atoms with Crippen LogP contribution in [0.2, 0.25) is 5.15 Å². The van der Waals surface area contributed by atoms with Gasteiger partial charge in [-0.2, -0.15) is 5.10 Å². The van der Waals surface area contributed by atoms with Crippen molar-refractivity contribution in [3.05, 3.63) is 41.0 Å². The number of ether oxygens (including phenoxy) is 1. The molecule has 6 heteroatoms. The van der Waals surface area contributed by atoms with Gasteiger partial charge in [0.25, 0.3) is 0 Å². The Kier molecular flexibility index (Phi) is 5.76. The highest BCUT2D eigenvalue weighted by Gasteiger charge is 2.16. The van der Waals surface area contributed by atoms with E-state index in [1.807, 2.05) is 37.4 Å². The molecule has 1 unspecified atom stereocenters. The van der Waals surface area contributed by atoms with Gasteiger partial charge in [-0.1, -0.05) is 41.9 Å². The second-order valence-corrected chi connectivity index (χ2v) is 5.21. The molecule has 0 spiro atoms. The van der Waals surface area contributed by atoms with Crippen LogP contribution in [0.25, 0.3) is 11.3 Å². The summed E-state index contributed by atoms with van der Waals surface area (Å²) in [7, 11) is 3.38. The maximum absolute atomic E-state index is 9.65. The van der Waals surface area contributed by atoms with Crippen molar-refractivity contribution in [1.29, 1.82) is 0 Å². The predicted octanol–water partition coefficient (Wildman–Crippen LogP) is 1.84. The zero-order valence-corrected chi connectivity index (χ0v) is 13.0. The second-order valence-electron chi connectivity index (χ2n) is 4.85. The SMILES string of the molecule is COCC(O)CNCc1c(-c2ccccc2)nn(C)c1Cl. The van der Waals surface area contributed by atoms with Gasteiger partial charge in [-0.3, -0.25) is 4.68 Å². The minimum absolute atomic E-state index is 0.305. The van der Waals surface area contributed by atoms with Crippen molar-refractivity contribution < 1.29 is 9.84 Å². The summed E-state index contributed by atoms with van der Waals surface area (Å²) in [5.41, 5.74) is 2.81. The lowest BCUT2D eigenvalue weighted by atomic mass is 10.1. The molecule has 2 aromatic rings. The molecule has 0 aliphatic carbocycles. The fourth-order valence-corrected chi connectivity index (χ4v) is 2.34. The number of aromatic nitrogens is 2. The van der Waals surface area contributed by atoms with Crippen molar-refractivity contribution in [3.8, 4) is 11.3 Å². The monoisotopic (exact) mass is 309 g/mol. The zero-order chi connectivity index (χ0) is 15.2. The summed E-state index contributed by atoms with van der Waals surface area (Å²) in [5.74, 6) is 0. The van der Waals surface area contributed by atoms with E-state index in [1.165, 1.54) is 0 Å². The van der Waals surface area contributed by atoms with Gasteiger partial charge in [0.15, 0.2) is 0 Å². The summed E-state index contributed by atoms with van der Waals surface area (Å²) in [6, 6.07) is 9.91. The Labute approximate surface area is 129 Å². The van der Waals surface area contributed by atoms with Crippen LogP contribution in [0.4, 0.5) is 0 Å². The summed E-state index contributed by atoms with van der Waals surface area (Å²) in [5, 5.41) is 17.9. The number of aliphatic hydroxyl groups is 1. The molecule has 1 aromatic heterocycles. The molecule has 0 saturated carbocycles. The van der Waals surface area contributed by atoms with Gasteiger partial charge in [0, 0.05) is 38.4 Å². The van der Waals surface area contributed by atoms with E-state index in [1.54, 1.807) is 11.8 Å². The Morgan fingerprint density at radius 1 is 1.38 bits per heavy atom. The largest absolute Gasteiger partial charge is 0.389 e. The maximum atomic E-state index is 9.65. The number of aryl methyl sites for hydroxylation is 1. The average Bonchev–Trinajstić information content (AvgIpc) is 2.77. The van der Waals surface area contributed by atoms with Gasteiger partial charge < -0.3 is 15.2 Å². The van der Waals surface area contributed by atoms with Gasteiger partial charge in [-0.25, -0.2) is 0 Å². The first-order valence-corrected chi connectivity index (χ1v) is 7.15. The molecule has 0 fully saturated rings. The third kappa shape index (κ3) is 4.04. The molecule has 0 radical (unpaired) electrons. The van der Waals surface area contributed by atoms with E-state index in [4.69, 9.17) is 16.3 Å². The standard InChI is InChI=1S/C15H20ClN3O2/c1-19-15(16)13(9-17-8-12(20)10-21-2)14(18-19)11-6-4-3-5-7-11/h3-7,12,17,20H,8-10H2,1-2H3. The number of aliphatic hydroxyl groups excluding tert-OH is 1. The number of methoxy groups -OCH3 is 1. The molecule has 0 saturated heterocycles. The molecule has 2 rings (SSSR count). The number of benzene rings is 1. The van der Waals surface area contributed by atoms with Crippen LogP contribution in [0, 0.1) is 0 Å². The molecule has 1 heterocycles. The fraction of sp³-hybridized carbons (Fsp3) is 0.400. The average molecular weight is 310 g/mol. The Morgan fingerprint density at radius 3 is 2.76 bits per heavy atom. The van der Waals surface area contributed by atoms with Crippen LogP contribution < -0.4 is 5.32 Å². The number of nitrogens with zero attached hydrogens (tertiary/aromatic N) is 2. The van der Waals surface area contributed by atoms with Crippen LogP contribution in [0.1, 0.15) is 5.56 Å². The molecule has 0 amide bonds. The van der Waals surface area contributed by atoms with Crippen LogP contribution in [-0.2, 0) is 18.3 Å². The Bertz CT molecular complexity index is 572. The third-order valence-electron chi connectivity index (χ3n) is 3.16. The van der Waals surface area contributed by atoms with Crippen LogP contribution in [0.5, 0.6) is 0 Å². The first-order valence-electron chi connectivity index (χ1n) is 6.78. The molecule has 1 atom stereocenters. The molecular formula is C15H20ClN3O2. The first-order chi connectivity index (χ1) is 10.1. The van der Waals surface area contributed by atoms with E-state index in [2.05, 4.69) is 10.4 Å². The van der Waals surface area contributed by atoms with Crippen molar-refractivity contribution in [1.82, 2.24) is 15.1 Å². The Hall–Kier alpha value is -1.40. The minimum Gasteiger partial charge on any atom is -0.389 e. The van der Waals surface area contributed by atoms with E-state index in [0.29, 0.717) is 24.8 Å². The van der Waals surface area contributed by atoms with E-state index in [-0.39, 0.29) is 0 Å². The van der Waals surface area contributed by atoms with Crippen molar-refractivity contribution >= 4 is 11.6 Å². The Balaban J connectivity index is 2.12. The minimum atomic E-state index is -0.536. The third-order valence-corrected chi connectivity index (χ3v) is 3.63. The lowest BCUT2D eigenvalue weighted by Crippen LogP contribution is -2.29. The number of nitrogens with one attached hydrogen (secondary N) is 1. The smallest absolute Gasteiger partial charge is 0.131 e. The highest BCUT2D eigenvalue weighted by molar-refractivity contribution is 6.30. The molecular weight excluding hydrogens is 290 g/mol. The van der Waals surface area contributed by atoms with Gasteiger partial charge in [0.1, 0.15) is 5.15 Å². The second kappa shape index (κ2) is 7.56. The number of hydrogen-bond acceptors (Lipinski definition) is 4. The van der Waals surface area contributed by atoms with Crippen LogP contribution in [0.3, 0.4) is 0 Å². The van der Waals surface area contributed by atoms with E-state index >= 15 is 0 Å². The first kappa shape index (κ1) is 16.0. The molecule has 114 valence electrons.